The molecule has 0 radical (unpaired) electrons. The number of fused-ring (bicyclic) bond motifs is 14. The highest BCUT2D eigenvalue weighted by Crippen LogP contribution is 2.54. The predicted molar refractivity (Wildman–Crippen MR) is 268 cm³/mol. The van der Waals surface area contributed by atoms with Crippen LogP contribution in [0.2, 0.25) is 0 Å². The smallest absolute Gasteiger partial charge is 0.000763 e. The molecule has 0 nitrogen and oxygen atoms in total. The third kappa shape index (κ3) is 5.08. The van der Waals surface area contributed by atoms with E-state index in [-0.39, 0.29) is 0 Å². The Hall–Kier alpha value is -8.06. The third-order valence-electron chi connectivity index (χ3n) is 13.4. The van der Waals surface area contributed by atoms with E-state index in [0.29, 0.717) is 0 Å². The molecule has 286 valence electrons. The molecule has 0 aromatic heterocycles. The molecule has 0 fully saturated rings. The Morgan fingerprint density at radius 2 is 0.516 bits per heavy atom. The molecule has 0 N–H and O–H groups in total. The molecule has 0 unspecified atom stereocenters. The molecule has 0 saturated carbocycles. The van der Waals surface area contributed by atoms with Gasteiger partial charge in [-0.2, -0.15) is 0 Å². The Morgan fingerprint density at radius 3 is 1.02 bits per heavy atom. The highest BCUT2D eigenvalue weighted by atomic mass is 14.3. The molecule has 0 atom stereocenters. The quantitative estimate of drug-likeness (QED) is 0.123. The standard InChI is InChI=1S/C62H38/c1-3-19-39(20-4-1)55-38-57-48-29-12-10-26-45(48)46-27-13-14-30-50(46)61(57)59(40-21-5-2-6-22-40)62(55)60-53-33-17-15-31-51(53)58(52-32-16-18-34-54(52)60)41-35-36-49-44-25-8-7-23-42(44)43-24-9-11-28-47(43)56(49)37-41/h1-38H. The highest BCUT2D eigenvalue weighted by molar-refractivity contribution is 6.34. The summed E-state index contributed by atoms with van der Waals surface area (Å²) >= 11 is 0. The lowest BCUT2D eigenvalue weighted by Gasteiger charge is -2.25. The van der Waals surface area contributed by atoms with Crippen LogP contribution in [0.3, 0.4) is 0 Å². The van der Waals surface area contributed by atoms with Crippen LogP contribution in [0.5, 0.6) is 0 Å². The number of rotatable bonds is 4. The van der Waals surface area contributed by atoms with Crippen LogP contribution < -0.4 is 0 Å². The number of hydrogen-bond donors (Lipinski definition) is 0. The summed E-state index contributed by atoms with van der Waals surface area (Å²) in [7, 11) is 0. The molecule has 0 heteroatoms. The average Bonchev–Trinajstić information content (AvgIpc) is 3.35. The van der Waals surface area contributed by atoms with Gasteiger partial charge in [0.15, 0.2) is 0 Å². The zero-order valence-corrected chi connectivity index (χ0v) is 33.9. The van der Waals surface area contributed by atoms with Gasteiger partial charge in [0, 0.05) is 0 Å². The van der Waals surface area contributed by atoms with Crippen LogP contribution in [0.15, 0.2) is 231 Å². The van der Waals surface area contributed by atoms with E-state index in [1.807, 2.05) is 0 Å². The predicted octanol–water partition coefficient (Wildman–Crippen LogP) is 17.6. The molecule has 0 saturated heterocycles. The highest BCUT2D eigenvalue weighted by Gasteiger charge is 2.26. The second kappa shape index (κ2) is 13.7. The lowest BCUT2D eigenvalue weighted by atomic mass is 9.77. The van der Waals surface area contributed by atoms with Gasteiger partial charge < -0.3 is 0 Å². The van der Waals surface area contributed by atoms with Crippen molar-refractivity contribution in [2.24, 2.45) is 0 Å². The zero-order chi connectivity index (χ0) is 40.7. The average molecular weight is 783 g/mol. The summed E-state index contributed by atoms with van der Waals surface area (Å²) in [6.07, 6.45) is 0. The topological polar surface area (TPSA) is 0 Å². The minimum absolute atomic E-state index is 1.20. The SMILES string of the molecule is c1ccc(-c2cc3c4ccccc4c4ccccc4c3c(-c3ccccc3)c2-c2c3ccccc3c(-c3ccc4c5ccccc5c5ccccc5c4c3)c3ccccc23)cc1. The second-order valence-corrected chi connectivity index (χ2v) is 16.6. The summed E-state index contributed by atoms with van der Waals surface area (Å²) in [4.78, 5) is 0. The van der Waals surface area contributed by atoms with Gasteiger partial charge in [-0.25, -0.2) is 0 Å². The van der Waals surface area contributed by atoms with E-state index in [1.165, 1.54) is 131 Å². The van der Waals surface area contributed by atoms with Crippen molar-refractivity contribution in [2.75, 3.05) is 0 Å². The molecule has 0 aliphatic rings. The van der Waals surface area contributed by atoms with Gasteiger partial charge in [-0.1, -0.05) is 218 Å². The van der Waals surface area contributed by atoms with Crippen LogP contribution in [0, 0.1) is 0 Å². The summed E-state index contributed by atoms with van der Waals surface area (Å²) in [5.41, 5.74) is 9.89. The maximum absolute atomic E-state index is 2.50. The molecule has 0 heterocycles. The first kappa shape index (κ1) is 34.8. The van der Waals surface area contributed by atoms with E-state index in [1.54, 1.807) is 0 Å². The van der Waals surface area contributed by atoms with E-state index < -0.39 is 0 Å². The first-order chi connectivity index (χ1) is 30.8. The van der Waals surface area contributed by atoms with Gasteiger partial charge in [-0.05, 0) is 143 Å². The fraction of sp³-hybridized carbons (Fsp3) is 0. The molecular weight excluding hydrogens is 745 g/mol. The molecule has 0 amide bonds. The molecule has 13 rings (SSSR count). The van der Waals surface area contributed by atoms with E-state index in [2.05, 4.69) is 231 Å². The summed E-state index contributed by atoms with van der Waals surface area (Å²) in [6.45, 7) is 0. The first-order valence-electron chi connectivity index (χ1n) is 21.6. The maximum Gasteiger partial charge on any atom is -0.000763 e. The van der Waals surface area contributed by atoms with Gasteiger partial charge in [0.05, 0.1) is 0 Å². The Balaban J connectivity index is 1.23. The molecule has 0 bridgehead atoms. The number of benzene rings is 13. The molecule has 13 aromatic carbocycles. The molecule has 0 spiro atoms. The molecular formula is C62H38. The summed E-state index contributed by atoms with van der Waals surface area (Å²) < 4.78 is 0. The van der Waals surface area contributed by atoms with Crippen molar-refractivity contribution in [1.29, 1.82) is 0 Å². The van der Waals surface area contributed by atoms with Crippen molar-refractivity contribution in [3.8, 4) is 44.5 Å². The van der Waals surface area contributed by atoms with Crippen molar-refractivity contribution in [3.05, 3.63) is 231 Å². The van der Waals surface area contributed by atoms with Gasteiger partial charge >= 0.3 is 0 Å². The van der Waals surface area contributed by atoms with Gasteiger partial charge in [-0.3, -0.25) is 0 Å². The monoisotopic (exact) mass is 782 g/mol. The van der Waals surface area contributed by atoms with E-state index in [4.69, 9.17) is 0 Å². The van der Waals surface area contributed by atoms with Crippen LogP contribution in [0.4, 0.5) is 0 Å². The maximum atomic E-state index is 2.50. The van der Waals surface area contributed by atoms with Crippen molar-refractivity contribution in [2.45, 2.75) is 0 Å². The van der Waals surface area contributed by atoms with Gasteiger partial charge in [-0.15, -0.1) is 0 Å². The van der Waals surface area contributed by atoms with Crippen molar-refractivity contribution in [1.82, 2.24) is 0 Å². The fourth-order valence-corrected chi connectivity index (χ4v) is 10.8. The molecule has 0 aliphatic heterocycles. The lowest BCUT2D eigenvalue weighted by Crippen LogP contribution is -1.98. The van der Waals surface area contributed by atoms with E-state index in [9.17, 15) is 0 Å². The number of hydrogen-bond acceptors (Lipinski definition) is 0. The van der Waals surface area contributed by atoms with Gasteiger partial charge in [0.2, 0.25) is 0 Å². The second-order valence-electron chi connectivity index (χ2n) is 16.6. The molecule has 0 aliphatic carbocycles. The van der Waals surface area contributed by atoms with Crippen LogP contribution in [0.1, 0.15) is 0 Å². The van der Waals surface area contributed by atoms with Crippen LogP contribution in [-0.2, 0) is 0 Å². The molecule has 13 aromatic rings. The minimum atomic E-state index is 1.20. The van der Waals surface area contributed by atoms with Gasteiger partial charge in [0.1, 0.15) is 0 Å². The van der Waals surface area contributed by atoms with Crippen LogP contribution in [-0.4, -0.2) is 0 Å². The lowest BCUT2D eigenvalue weighted by molar-refractivity contribution is 1.61. The summed E-state index contributed by atoms with van der Waals surface area (Å²) in [5, 5.41) is 20.3. The van der Waals surface area contributed by atoms with Crippen molar-refractivity contribution < 1.29 is 0 Å². The zero-order valence-electron chi connectivity index (χ0n) is 33.9. The summed E-state index contributed by atoms with van der Waals surface area (Å²) in [6, 6.07) is 85.8. The molecule has 62 heavy (non-hydrogen) atoms. The Labute approximate surface area is 359 Å². The van der Waals surface area contributed by atoms with Gasteiger partial charge in [0.25, 0.3) is 0 Å². The Kier molecular flexibility index (Phi) is 7.71. The fourth-order valence-electron chi connectivity index (χ4n) is 10.8. The van der Waals surface area contributed by atoms with E-state index in [0.717, 1.165) is 0 Å². The van der Waals surface area contributed by atoms with Crippen molar-refractivity contribution >= 4 is 86.2 Å². The van der Waals surface area contributed by atoms with Crippen molar-refractivity contribution in [3.63, 3.8) is 0 Å². The summed E-state index contributed by atoms with van der Waals surface area (Å²) in [5.74, 6) is 0. The first-order valence-corrected chi connectivity index (χ1v) is 21.6. The Morgan fingerprint density at radius 1 is 0.161 bits per heavy atom. The normalized spacial score (nSPS) is 11.9. The third-order valence-corrected chi connectivity index (χ3v) is 13.4. The minimum Gasteiger partial charge on any atom is -0.0622 e. The largest absolute Gasteiger partial charge is 0.0622 e. The van der Waals surface area contributed by atoms with E-state index >= 15 is 0 Å². The van der Waals surface area contributed by atoms with Crippen LogP contribution >= 0.6 is 0 Å². The Bertz CT molecular complexity index is 3860. The van der Waals surface area contributed by atoms with Crippen LogP contribution in [0.25, 0.3) is 131 Å².